The summed E-state index contributed by atoms with van der Waals surface area (Å²) >= 11 is 0. The Morgan fingerprint density at radius 1 is 0.640 bits per heavy atom. The highest BCUT2D eigenvalue weighted by Gasteiger charge is 2.21. The molecule has 2 rings (SSSR count). The van der Waals surface area contributed by atoms with Crippen LogP contribution in [0.4, 0.5) is 0 Å². The van der Waals surface area contributed by atoms with Crippen LogP contribution in [0.5, 0.6) is 0 Å². The smallest absolute Gasteiger partial charge is 0.218 e. The molecule has 0 aliphatic carbocycles. The number of sulfone groups is 1. The second-order valence-electron chi connectivity index (χ2n) is 5.03. The first-order valence-electron chi connectivity index (χ1n) is 6.90. The van der Waals surface area contributed by atoms with Crippen molar-refractivity contribution in [1.82, 2.24) is 0 Å². The quantitative estimate of drug-likeness (QED) is 0.395. The molecule has 0 atom stereocenters. The molecule has 0 saturated heterocycles. The number of carbonyl (C=O) groups excluding carboxylic acids is 2. The number of hydrogen-bond donors (Lipinski definition) is 4. The van der Waals surface area contributed by atoms with E-state index in [0.717, 1.165) is 48.5 Å². The van der Waals surface area contributed by atoms with Crippen LogP contribution >= 0.6 is 0 Å². The molecule has 0 spiro atoms. The van der Waals surface area contributed by atoms with E-state index >= 15 is 0 Å². The van der Waals surface area contributed by atoms with Crippen molar-refractivity contribution in [3.8, 4) is 0 Å². The van der Waals surface area contributed by atoms with Crippen LogP contribution in [0.3, 0.4) is 0 Å². The third-order valence-electron chi connectivity index (χ3n) is 3.37. The zero-order chi connectivity index (χ0) is 18.8. The molecule has 0 unspecified atom stereocenters. The van der Waals surface area contributed by atoms with Crippen LogP contribution in [-0.4, -0.2) is 53.0 Å². The molecule has 25 heavy (non-hydrogen) atoms. The van der Waals surface area contributed by atoms with Crippen LogP contribution in [0.2, 0.25) is 0 Å². The van der Waals surface area contributed by atoms with Crippen LogP contribution in [0.25, 0.3) is 0 Å². The van der Waals surface area contributed by atoms with Crippen molar-refractivity contribution >= 4 is 21.4 Å². The third kappa shape index (κ3) is 3.98. The summed E-state index contributed by atoms with van der Waals surface area (Å²) in [6, 6.07) is 9.15. The minimum absolute atomic E-state index is 0.0631. The van der Waals surface area contributed by atoms with E-state index in [0.29, 0.717) is 0 Å². The molecule has 0 heterocycles. The Morgan fingerprint density at radius 2 is 0.920 bits per heavy atom. The molecule has 0 saturated carbocycles. The second-order valence-corrected chi connectivity index (χ2v) is 6.98. The van der Waals surface area contributed by atoms with E-state index in [9.17, 15) is 18.0 Å². The number of aliphatic hydroxyl groups is 4. The van der Waals surface area contributed by atoms with E-state index in [2.05, 4.69) is 0 Å². The highest BCUT2D eigenvalue weighted by molar-refractivity contribution is 7.91. The van der Waals surface area contributed by atoms with Gasteiger partial charge in [-0.05, 0) is 48.5 Å². The second kappa shape index (κ2) is 7.21. The molecule has 4 N–H and O–H groups in total. The minimum Gasteiger partial charge on any atom is -0.362 e. The molecule has 0 aromatic heterocycles. The van der Waals surface area contributed by atoms with Gasteiger partial charge in [0, 0.05) is 11.1 Å². The maximum atomic E-state index is 12.5. The lowest BCUT2D eigenvalue weighted by Gasteiger charge is -2.08. The van der Waals surface area contributed by atoms with Gasteiger partial charge in [-0.2, -0.15) is 0 Å². The van der Waals surface area contributed by atoms with Crippen molar-refractivity contribution in [2.45, 2.75) is 22.4 Å². The lowest BCUT2D eigenvalue weighted by molar-refractivity contribution is -0.0195. The highest BCUT2D eigenvalue weighted by Crippen LogP contribution is 2.22. The van der Waals surface area contributed by atoms with Crippen LogP contribution in [0.1, 0.15) is 20.7 Å². The zero-order valence-corrected chi connectivity index (χ0v) is 13.4. The Kier molecular flexibility index (Phi) is 5.45. The fraction of sp³-hybridized carbons (Fsp3) is 0.125. The third-order valence-corrected chi connectivity index (χ3v) is 5.15. The highest BCUT2D eigenvalue weighted by atomic mass is 32.2. The van der Waals surface area contributed by atoms with Gasteiger partial charge in [0.25, 0.3) is 0 Å². The van der Waals surface area contributed by atoms with Crippen molar-refractivity contribution < 1.29 is 38.4 Å². The summed E-state index contributed by atoms with van der Waals surface area (Å²) in [6.45, 7) is 0. The largest absolute Gasteiger partial charge is 0.362 e. The average molecular weight is 366 g/mol. The van der Waals surface area contributed by atoms with Crippen molar-refractivity contribution in [3.63, 3.8) is 0 Å². The van der Waals surface area contributed by atoms with Crippen LogP contribution in [0, 0.1) is 0 Å². The first-order valence-corrected chi connectivity index (χ1v) is 8.39. The van der Waals surface area contributed by atoms with Crippen molar-refractivity contribution in [3.05, 3.63) is 59.7 Å². The Bertz CT molecular complexity index is 811. The Labute approximate surface area is 142 Å². The summed E-state index contributed by atoms with van der Waals surface area (Å²) in [5.74, 6) is -1.93. The number of aliphatic hydroxyl groups excluding tert-OH is 2. The topological polar surface area (TPSA) is 149 Å². The van der Waals surface area contributed by atoms with E-state index in [4.69, 9.17) is 20.4 Å². The van der Waals surface area contributed by atoms with Crippen molar-refractivity contribution in [2.24, 2.45) is 0 Å². The standard InChI is InChI=1S/C16H14O8S/c17-13(15(19)20)9-1-5-11(6-2-9)25(23,24)12-7-3-10(4-8-12)14(18)16(21)22/h1-8,15-16,19-22H. The molecular formula is C16H14O8S. The van der Waals surface area contributed by atoms with E-state index < -0.39 is 34.0 Å². The van der Waals surface area contributed by atoms with E-state index in [1.54, 1.807) is 0 Å². The number of Topliss-reactive ketones (excluding diaryl/α,β-unsaturated/α-hetero) is 2. The monoisotopic (exact) mass is 366 g/mol. The zero-order valence-electron chi connectivity index (χ0n) is 12.6. The number of benzene rings is 2. The van der Waals surface area contributed by atoms with Gasteiger partial charge in [-0.3, -0.25) is 9.59 Å². The summed E-state index contributed by atoms with van der Waals surface area (Å²) < 4.78 is 25.0. The first-order chi connectivity index (χ1) is 11.6. The Balaban J connectivity index is 2.32. The summed E-state index contributed by atoms with van der Waals surface area (Å²) in [4.78, 5) is 22.5. The predicted octanol–water partition coefficient (Wildman–Crippen LogP) is -0.494. The number of ketones is 2. The predicted molar refractivity (Wildman–Crippen MR) is 83.4 cm³/mol. The molecule has 132 valence electrons. The number of carbonyl (C=O) groups is 2. The SMILES string of the molecule is O=C(c1ccc(S(=O)(=O)c2ccc(C(=O)C(O)O)cc2)cc1)C(O)O. The molecule has 9 heteroatoms. The van der Waals surface area contributed by atoms with Crippen molar-refractivity contribution in [1.29, 1.82) is 0 Å². The summed E-state index contributed by atoms with van der Waals surface area (Å²) in [7, 11) is -3.94. The van der Waals surface area contributed by atoms with Gasteiger partial charge in [0.1, 0.15) is 0 Å². The van der Waals surface area contributed by atoms with E-state index in [-0.39, 0.29) is 20.9 Å². The lowest BCUT2D eigenvalue weighted by atomic mass is 10.1. The van der Waals surface area contributed by atoms with Crippen molar-refractivity contribution in [2.75, 3.05) is 0 Å². The van der Waals surface area contributed by atoms with Gasteiger partial charge in [-0.1, -0.05) is 0 Å². The van der Waals surface area contributed by atoms with Gasteiger partial charge >= 0.3 is 0 Å². The molecule has 0 radical (unpaired) electrons. The Morgan fingerprint density at radius 3 is 1.16 bits per heavy atom. The van der Waals surface area contributed by atoms with Crippen LogP contribution in [0.15, 0.2) is 58.3 Å². The first kappa shape index (κ1) is 18.9. The molecule has 0 bridgehead atoms. The van der Waals surface area contributed by atoms with Gasteiger partial charge in [0.05, 0.1) is 9.79 Å². The summed E-state index contributed by atoms with van der Waals surface area (Å²) in [5.41, 5.74) is -0.126. The Hall–Kier alpha value is -2.43. The van der Waals surface area contributed by atoms with Gasteiger partial charge in [0.2, 0.25) is 34.0 Å². The van der Waals surface area contributed by atoms with Gasteiger partial charge in [-0.15, -0.1) is 0 Å². The molecule has 0 fully saturated rings. The molecular weight excluding hydrogens is 352 g/mol. The van der Waals surface area contributed by atoms with Crippen LogP contribution in [-0.2, 0) is 9.84 Å². The fourth-order valence-corrected chi connectivity index (χ4v) is 3.29. The van der Waals surface area contributed by atoms with E-state index in [1.165, 1.54) is 0 Å². The summed E-state index contributed by atoms with van der Waals surface area (Å²) in [6.07, 6.45) is -4.37. The number of hydrogen-bond acceptors (Lipinski definition) is 8. The minimum atomic E-state index is -3.94. The fourth-order valence-electron chi connectivity index (χ4n) is 2.03. The number of rotatable bonds is 6. The molecule has 2 aromatic carbocycles. The van der Waals surface area contributed by atoms with Gasteiger partial charge in [0.15, 0.2) is 0 Å². The molecule has 0 amide bonds. The van der Waals surface area contributed by atoms with E-state index in [1.807, 2.05) is 0 Å². The van der Waals surface area contributed by atoms with Gasteiger partial charge < -0.3 is 20.4 Å². The molecule has 2 aromatic rings. The lowest BCUT2D eigenvalue weighted by Crippen LogP contribution is -2.19. The molecule has 0 aliphatic heterocycles. The molecule has 0 aliphatic rings. The maximum Gasteiger partial charge on any atom is 0.218 e. The molecule has 8 nitrogen and oxygen atoms in total. The van der Waals surface area contributed by atoms with Gasteiger partial charge in [-0.25, -0.2) is 8.42 Å². The maximum absolute atomic E-state index is 12.5. The van der Waals surface area contributed by atoms with Crippen LogP contribution < -0.4 is 0 Å². The summed E-state index contributed by atoms with van der Waals surface area (Å²) in [5, 5.41) is 35.3. The normalized spacial score (nSPS) is 11.8. The average Bonchev–Trinajstić information content (AvgIpc) is 2.60.